The smallest absolute Gasteiger partial charge is 0.129 e. The highest BCUT2D eigenvalue weighted by atomic mass is 79.9. The predicted molar refractivity (Wildman–Crippen MR) is 75.4 cm³/mol. The number of rotatable bonds is 4. The zero-order valence-electron chi connectivity index (χ0n) is 9.53. The SMILES string of the molecule is Cc1cscc1CNCc1ccc(O)c(Br)c1. The fourth-order valence-electron chi connectivity index (χ4n) is 1.57. The molecule has 0 aliphatic rings. The van der Waals surface area contributed by atoms with Crippen LogP contribution in [-0.2, 0) is 13.1 Å². The van der Waals surface area contributed by atoms with E-state index in [1.165, 1.54) is 11.1 Å². The van der Waals surface area contributed by atoms with E-state index in [1.807, 2.05) is 12.1 Å². The fraction of sp³-hybridized carbons (Fsp3) is 0.231. The van der Waals surface area contributed by atoms with Gasteiger partial charge in [-0.05, 0) is 62.4 Å². The van der Waals surface area contributed by atoms with Gasteiger partial charge < -0.3 is 10.4 Å². The molecule has 0 aliphatic carbocycles. The highest BCUT2D eigenvalue weighted by molar-refractivity contribution is 9.10. The zero-order valence-corrected chi connectivity index (χ0v) is 11.9. The maximum absolute atomic E-state index is 9.39. The van der Waals surface area contributed by atoms with E-state index in [2.05, 4.69) is 38.9 Å². The zero-order chi connectivity index (χ0) is 12.3. The lowest BCUT2D eigenvalue weighted by Gasteiger charge is -2.06. The Balaban J connectivity index is 1.90. The van der Waals surface area contributed by atoms with E-state index in [0.717, 1.165) is 23.1 Å². The van der Waals surface area contributed by atoms with Gasteiger partial charge in [0.15, 0.2) is 0 Å². The summed E-state index contributed by atoms with van der Waals surface area (Å²) in [5, 5.41) is 17.1. The van der Waals surface area contributed by atoms with Crippen LogP contribution in [0.4, 0.5) is 0 Å². The topological polar surface area (TPSA) is 32.3 Å². The summed E-state index contributed by atoms with van der Waals surface area (Å²) in [6, 6.07) is 5.56. The summed E-state index contributed by atoms with van der Waals surface area (Å²) in [6.45, 7) is 3.81. The van der Waals surface area contributed by atoms with Crippen molar-refractivity contribution < 1.29 is 5.11 Å². The first-order valence-electron chi connectivity index (χ1n) is 5.36. The van der Waals surface area contributed by atoms with Crippen LogP contribution < -0.4 is 5.32 Å². The first-order valence-corrected chi connectivity index (χ1v) is 7.10. The lowest BCUT2D eigenvalue weighted by molar-refractivity contribution is 0.471. The number of phenols is 1. The van der Waals surface area contributed by atoms with E-state index >= 15 is 0 Å². The third-order valence-electron chi connectivity index (χ3n) is 2.62. The minimum atomic E-state index is 0.280. The molecule has 0 bridgehead atoms. The number of thiophene rings is 1. The summed E-state index contributed by atoms with van der Waals surface area (Å²) < 4.78 is 0.739. The molecule has 0 saturated heterocycles. The monoisotopic (exact) mass is 311 g/mol. The lowest BCUT2D eigenvalue weighted by atomic mass is 10.2. The number of hydrogen-bond donors (Lipinski definition) is 2. The van der Waals surface area contributed by atoms with Crippen LogP contribution >= 0.6 is 27.3 Å². The molecule has 0 radical (unpaired) electrons. The number of phenolic OH excluding ortho intramolecular Hbond substituents is 1. The Kier molecular flexibility index (Phi) is 4.20. The highest BCUT2D eigenvalue weighted by Gasteiger charge is 2.01. The van der Waals surface area contributed by atoms with Gasteiger partial charge in [-0.1, -0.05) is 6.07 Å². The summed E-state index contributed by atoms with van der Waals surface area (Å²) in [6.07, 6.45) is 0. The summed E-state index contributed by atoms with van der Waals surface area (Å²) in [5.74, 6) is 0.280. The molecule has 0 atom stereocenters. The van der Waals surface area contributed by atoms with Crippen LogP contribution in [0.1, 0.15) is 16.7 Å². The molecule has 17 heavy (non-hydrogen) atoms. The molecular weight excluding hydrogens is 298 g/mol. The van der Waals surface area contributed by atoms with Crippen LogP contribution in [0.5, 0.6) is 5.75 Å². The molecule has 1 aromatic heterocycles. The second-order valence-electron chi connectivity index (χ2n) is 3.97. The summed E-state index contributed by atoms with van der Waals surface area (Å²) in [4.78, 5) is 0. The predicted octanol–water partition coefficient (Wildman–Crippen LogP) is 3.81. The molecule has 1 aromatic carbocycles. The van der Waals surface area contributed by atoms with Crippen molar-refractivity contribution in [1.82, 2.24) is 5.32 Å². The number of halogens is 1. The molecule has 0 unspecified atom stereocenters. The Morgan fingerprint density at radius 2 is 2.12 bits per heavy atom. The van der Waals surface area contributed by atoms with Crippen LogP contribution in [0.3, 0.4) is 0 Å². The second kappa shape index (κ2) is 5.67. The minimum absolute atomic E-state index is 0.280. The number of nitrogens with one attached hydrogen (secondary N) is 1. The van der Waals surface area contributed by atoms with Crippen molar-refractivity contribution >= 4 is 27.3 Å². The van der Waals surface area contributed by atoms with Gasteiger partial charge in [-0.25, -0.2) is 0 Å². The number of hydrogen-bond acceptors (Lipinski definition) is 3. The average Bonchev–Trinajstić information content (AvgIpc) is 2.70. The summed E-state index contributed by atoms with van der Waals surface area (Å²) >= 11 is 5.05. The standard InChI is InChI=1S/C13H14BrNOS/c1-9-7-17-8-11(9)6-15-5-10-2-3-13(16)12(14)4-10/h2-4,7-8,15-16H,5-6H2,1H3. The average molecular weight is 312 g/mol. The van der Waals surface area contributed by atoms with Crippen molar-refractivity contribution in [2.75, 3.05) is 0 Å². The van der Waals surface area contributed by atoms with Crippen LogP contribution in [0.15, 0.2) is 33.4 Å². The van der Waals surface area contributed by atoms with Gasteiger partial charge in [0.2, 0.25) is 0 Å². The Hall–Kier alpha value is -0.840. The maximum Gasteiger partial charge on any atom is 0.129 e. The van der Waals surface area contributed by atoms with Gasteiger partial charge in [-0.2, -0.15) is 11.3 Å². The Labute approximate surface area is 113 Å². The molecule has 2 rings (SSSR count). The molecular formula is C13H14BrNOS. The van der Waals surface area contributed by atoms with Crippen molar-refractivity contribution in [3.63, 3.8) is 0 Å². The molecule has 4 heteroatoms. The third-order valence-corrected chi connectivity index (χ3v) is 4.16. The molecule has 90 valence electrons. The van der Waals surface area contributed by atoms with Gasteiger partial charge >= 0.3 is 0 Å². The maximum atomic E-state index is 9.39. The minimum Gasteiger partial charge on any atom is -0.507 e. The molecule has 2 N–H and O–H groups in total. The Morgan fingerprint density at radius 1 is 1.29 bits per heavy atom. The number of aryl methyl sites for hydroxylation is 1. The van der Waals surface area contributed by atoms with Crippen LogP contribution in [0.25, 0.3) is 0 Å². The van der Waals surface area contributed by atoms with Gasteiger partial charge in [-0.15, -0.1) is 0 Å². The van der Waals surface area contributed by atoms with E-state index in [4.69, 9.17) is 0 Å². The molecule has 0 aliphatic heterocycles. The van der Waals surface area contributed by atoms with E-state index in [-0.39, 0.29) is 5.75 Å². The van der Waals surface area contributed by atoms with Gasteiger partial charge in [0, 0.05) is 13.1 Å². The Bertz CT molecular complexity index is 510. The van der Waals surface area contributed by atoms with Gasteiger partial charge in [-0.3, -0.25) is 0 Å². The molecule has 0 spiro atoms. The van der Waals surface area contributed by atoms with Crippen molar-refractivity contribution in [2.45, 2.75) is 20.0 Å². The van der Waals surface area contributed by atoms with Crippen LogP contribution in [-0.4, -0.2) is 5.11 Å². The molecule has 0 fully saturated rings. The van der Waals surface area contributed by atoms with E-state index in [1.54, 1.807) is 17.4 Å². The normalized spacial score (nSPS) is 10.7. The largest absolute Gasteiger partial charge is 0.507 e. The van der Waals surface area contributed by atoms with Crippen molar-refractivity contribution in [3.8, 4) is 5.75 Å². The quantitative estimate of drug-likeness (QED) is 0.899. The van der Waals surface area contributed by atoms with E-state index in [0.29, 0.717) is 0 Å². The van der Waals surface area contributed by atoms with Crippen LogP contribution in [0.2, 0.25) is 0 Å². The van der Waals surface area contributed by atoms with Crippen molar-refractivity contribution in [2.24, 2.45) is 0 Å². The summed E-state index contributed by atoms with van der Waals surface area (Å²) in [5.41, 5.74) is 3.85. The highest BCUT2D eigenvalue weighted by Crippen LogP contribution is 2.24. The summed E-state index contributed by atoms with van der Waals surface area (Å²) in [7, 11) is 0. The number of benzene rings is 1. The first-order chi connectivity index (χ1) is 8.16. The van der Waals surface area contributed by atoms with Crippen LogP contribution in [0, 0.1) is 6.92 Å². The van der Waals surface area contributed by atoms with Gasteiger partial charge in [0.05, 0.1) is 4.47 Å². The van der Waals surface area contributed by atoms with E-state index < -0.39 is 0 Å². The van der Waals surface area contributed by atoms with Gasteiger partial charge in [0.25, 0.3) is 0 Å². The molecule has 2 aromatic rings. The molecule has 0 amide bonds. The third kappa shape index (κ3) is 3.31. The lowest BCUT2D eigenvalue weighted by Crippen LogP contribution is -2.12. The molecule has 1 heterocycles. The first kappa shape index (κ1) is 12.6. The van der Waals surface area contributed by atoms with Crippen molar-refractivity contribution in [1.29, 1.82) is 0 Å². The van der Waals surface area contributed by atoms with Crippen molar-refractivity contribution in [3.05, 3.63) is 50.1 Å². The Morgan fingerprint density at radius 3 is 2.76 bits per heavy atom. The van der Waals surface area contributed by atoms with Gasteiger partial charge in [0.1, 0.15) is 5.75 Å². The number of aromatic hydroxyl groups is 1. The second-order valence-corrected chi connectivity index (χ2v) is 5.57. The molecule has 0 saturated carbocycles. The fourth-order valence-corrected chi connectivity index (χ4v) is 2.85. The molecule has 2 nitrogen and oxygen atoms in total. The van der Waals surface area contributed by atoms with E-state index in [9.17, 15) is 5.11 Å².